The van der Waals surface area contributed by atoms with E-state index in [-0.39, 0.29) is 0 Å². The molecule has 2 aromatic heterocycles. The number of benzene rings is 2. The van der Waals surface area contributed by atoms with Gasteiger partial charge in [0.15, 0.2) is 5.65 Å². The topological polar surface area (TPSA) is 49.6 Å². The van der Waals surface area contributed by atoms with E-state index >= 15 is 0 Å². The maximum absolute atomic E-state index is 4.91. The molecule has 0 amide bonds. The summed E-state index contributed by atoms with van der Waals surface area (Å²) in [6.07, 6.45) is 0. The summed E-state index contributed by atoms with van der Waals surface area (Å²) in [6, 6.07) is 18.7. The highest BCUT2D eigenvalue weighted by molar-refractivity contribution is 5.92. The third-order valence-corrected chi connectivity index (χ3v) is 4.95. The van der Waals surface area contributed by atoms with Crippen LogP contribution in [0.3, 0.4) is 0 Å². The minimum absolute atomic E-state index is 0.771. The predicted molar refractivity (Wildman–Crippen MR) is 104 cm³/mol. The first-order valence-electron chi connectivity index (χ1n) is 8.97. The van der Waals surface area contributed by atoms with Crippen molar-refractivity contribution < 1.29 is 0 Å². The van der Waals surface area contributed by atoms with Crippen LogP contribution in [0.25, 0.3) is 16.6 Å². The van der Waals surface area contributed by atoms with Crippen molar-refractivity contribution in [1.82, 2.24) is 19.6 Å². The maximum atomic E-state index is 4.91. The molecule has 1 aliphatic rings. The van der Waals surface area contributed by atoms with Crippen LogP contribution in [0.15, 0.2) is 54.6 Å². The standard InChI is InChI=1S/C20H20N6/c1-15-21-19-17-9-5-6-10-18(17)22-20(26(19)23-15)25-13-11-24(12-14-25)16-7-3-2-4-8-16/h2-10H,11-14H2,1H3. The van der Waals surface area contributed by atoms with Crippen LogP contribution in [-0.2, 0) is 0 Å². The van der Waals surface area contributed by atoms with E-state index in [9.17, 15) is 0 Å². The molecular formula is C20H20N6. The summed E-state index contributed by atoms with van der Waals surface area (Å²) in [6.45, 7) is 5.68. The SMILES string of the molecule is Cc1nc2c3ccccc3nc(N3CCN(c4ccccc4)CC3)n2n1. The monoisotopic (exact) mass is 344 g/mol. The van der Waals surface area contributed by atoms with E-state index in [0.717, 1.165) is 54.5 Å². The highest BCUT2D eigenvalue weighted by atomic mass is 15.4. The zero-order valence-electron chi connectivity index (χ0n) is 14.7. The summed E-state index contributed by atoms with van der Waals surface area (Å²) >= 11 is 0. The smallest absolute Gasteiger partial charge is 0.229 e. The lowest BCUT2D eigenvalue weighted by molar-refractivity contribution is 0.632. The fourth-order valence-corrected chi connectivity index (χ4v) is 3.65. The Balaban J connectivity index is 1.51. The van der Waals surface area contributed by atoms with Gasteiger partial charge in [-0.2, -0.15) is 4.52 Å². The molecule has 6 heteroatoms. The van der Waals surface area contributed by atoms with Crippen LogP contribution >= 0.6 is 0 Å². The van der Waals surface area contributed by atoms with Gasteiger partial charge in [0.1, 0.15) is 5.82 Å². The van der Waals surface area contributed by atoms with Gasteiger partial charge in [-0.05, 0) is 31.2 Å². The van der Waals surface area contributed by atoms with E-state index in [1.165, 1.54) is 5.69 Å². The second-order valence-corrected chi connectivity index (χ2v) is 6.63. The molecule has 1 fully saturated rings. The number of nitrogens with zero attached hydrogens (tertiary/aromatic N) is 6. The number of fused-ring (bicyclic) bond motifs is 3. The van der Waals surface area contributed by atoms with Gasteiger partial charge < -0.3 is 9.80 Å². The third kappa shape index (κ3) is 2.45. The number of aryl methyl sites for hydroxylation is 1. The Morgan fingerprint density at radius 2 is 1.46 bits per heavy atom. The van der Waals surface area contributed by atoms with Gasteiger partial charge >= 0.3 is 0 Å². The van der Waals surface area contributed by atoms with Crippen molar-refractivity contribution in [2.45, 2.75) is 6.92 Å². The molecule has 0 spiro atoms. The first-order valence-corrected chi connectivity index (χ1v) is 8.97. The molecule has 0 N–H and O–H groups in total. The second kappa shape index (κ2) is 5.98. The summed E-state index contributed by atoms with van der Waals surface area (Å²) in [5.41, 5.74) is 3.13. The number of hydrogen-bond acceptors (Lipinski definition) is 5. The molecule has 1 saturated heterocycles. The predicted octanol–water partition coefficient (Wildman–Crippen LogP) is 2.91. The molecule has 26 heavy (non-hydrogen) atoms. The molecule has 5 rings (SSSR count). The van der Waals surface area contributed by atoms with Crippen molar-refractivity contribution in [2.24, 2.45) is 0 Å². The van der Waals surface area contributed by atoms with Gasteiger partial charge in [0, 0.05) is 37.3 Å². The number of para-hydroxylation sites is 2. The highest BCUT2D eigenvalue weighted by Crippen LogP contribution is 2.24. The fourth-order valence-electron chi connectivity index (χ4n) is 3.65. The van der Waals surface area contributed by atoms with Gasteiger partial charge in [-0.15, -0.1) is 5.10 Å². The highest BCUT2D eigenvalue weighted by Gasteiger charge is 2.22. The molecule has 0 unspecified atom stereocenters. The number of aromatic nitrogens is 4. The Morgan fingerprint density at radius 1 is 0.769 bits per heavy atom. The Hall–Kier alpha value is -3.15. The minimum atomic E-state index is 0.771. The van der Waals surface area contributed by atoms with Crippen LogP contribution in [0.5, 0.6) is 0 Å². The Bertz CT molecular complexity index is 1060. The van der Waals surface area contributed by atoms with Crippen molar-refractivity contribution in [3.8, 4) is 0 Å². The molecule has 3 heterocycles. The summed E-state index contributed by atoms with van der Waals surface area (Å²) in [4.78, 5) is 14.3. The molecule has 0 saturated carbocycles. The van der Waals surface area contributed by atoms with Crippen molar-refractivity contribution in [1.29, 1.82) is 0 Å². The van der Waals surface area contributed by atoms with E-state index in [4.69, 9.17) is 4.98 Å². The summed E-state index contributed by atoms with van der Waals surface area (Å²) in [5.74, 6) is 1.65. The fraction of sp³-hybridized carbons (Fsp3) is 0.250. The molecule has 4 aromatic rings. The molecule has 0 aliphatic carbocycles. The molecular weight excluding hydrogens is 324 g/mol. The van der Waals surface area contributed by atoms with Crippen molar-refractivity contribution in [2.75, 3.05) is 36.0 Å². The van der Waals surface area contributed by atoms with Crippen molar-refractivity contribution in [3.63, 3.8) is 0 Å². The lowest BCUT2D eigenvalue weighted by Gasteiger charge is -2.36. The molecule has 6 nitrogen and oxygen atoms in total. The van der Waals surface area contributed by atoms with Crippen LogP contribution in [0.1, 0.15) is 5.82 Å². The molecule has 1 aliphatic heterocycles. The van der Waals surface area contributed by atoms with E-state index in [0.29, 0.717) is 0 Å². The van der Waals surface area contributed by atoms with Gasteiger partial charge in [0.05, 0.1) is 5.52 Å². The van der Waals surface area contributed by atoms with Gasteiger partial charge in [0.25, 0.3) is 0 Å². The number of piperazine rings is 1. The van der Waals surface area contributed by atoms with Gasteiger partial charge in [-0.1, -0.05) is 30.3 Å². The first-order chi connectivity index (χ1) is 12.8. The number of hydrogen-bond donors (Lipinski definition) is 0. The van der Waals surface area contributed by atoms with E-state index < -0.39 is 0 Å². The minimum Gasteiger partial charge on any atom is -0.368 e. The van der Waals surface area contributed by atoms with Crippen LogP contribution in [0, 0.1) is 6.92 Å². The second-order valence-electron chi connectivity index (χ2n) is 6.63. The Kier molecular flexibility index (Phi) is 3.48. The van der Waals surface area contributed by atoms with E-state index in [1.54, 1.807) is 0 Å². The molecule has 130 valence electrons. The third-order valence-electron chi connectivity index (χ3n) is 4.95. The molecule has 0 atom stereocenters. The molecule has 0 radical (unpaired) electrons. The lowest BCUT2D eigenvalue weighted by atomic mass is 10.2. The Morgan fingerprint density at radius 3 is 2.27 bits per heavy atom. The zero-order chi connectivity index (χ0) is 17.5. The van der Waals surface area contributed by atoms with Crippen molar-refractivity contribution in [3.05, 3.63) is 60.4 Å². The van der Waals surface area contributed by atoms with Gasteiger partial charge in [-0.3, -0.25) is 0 Å². The average molecular weight is 344 g/mol. The largest absolute Gasteiger partial charge is 0.368 e. The average Bonchev–Trinajstić information content (AvgIpc) is 3.10. The molecule has 2 aromatic carbocycles. The van der Waals surface area contributed by atoms with E-state index in [1.807, 2.05) is 29.6 Å². The lowest BCUT2D eigenvalue weighted by Crippen LogP contribution is -2.47. The maximum Gasteiger partial charge on any atom is 0.229 e. The Labute approximate surface area is 151 Å². The van der Waals surface area contributed by atoms with Crippen LogP contribution < -0.4 is 9.80 Å². The normalized spacial score (nSPS) is 15.1. The van der Waals surface area contributed by atoms with Crippen LogP contribution in [0.4, 0.5) is 11.6 Å². The van der Waals surface area contributed by atoms with Crippen LogP contribution in [-0.4, -0.2) is 45.8 Å². The number of anilines is 2. The quantitative estimate of drug-likeness (QED) is 0.560. The van der Waals surface area contributed by atoms with Gasteiger partial charge in [0.2, 0.25) is 5.95 Å². The van der Waals surface area contributed by atoms with E-state index in [2.05, 4.69) is 56.3 Å². The number of rotatable bonds is 2. The first kappa shape index (κ1) is 15.1. The summed E-state index contributed by atoms with van der Waals surface area (Å²) < 4.78 is 1.90. The van der Waals surface area contributed by atoms with Crippen LogP contribution in [0.2, 0.25) is 0 Å². The summed E-state index contributed by atoms with van der Waals surface area (Å²) in [7, 11) is 0. The zero-order valence-corrected chi connectivity index (χ0v) is 14.7. The van der Waals surface area contributed by atoms with Gasteiger partial charge in [-0.25, -0.2) is 9.97 Å². The van der Waals surface area contributed by atoms with Crippen molar-refractivity contribution >= 4 is 28.2 Å². The summed E-state index contributed by atoms with van der Waals surface area (Å²) in [5, 5.41) is 5.64. The molecule has 0 bridgehead atoms.